The molecule has 0 aliphatic carbocycles. The molecule has 3 N–H and O–H groups in total. The first-order valence-corrected chi connectivity index (χ1v) is 12.3. The molecule has 2 heterocycles. The smallest absolute Gasteiger partial charge is 0.330 e. The van der Waals surface area contributed by atoms with E-state index in [9.17, 15) is 22.8 Å². The molecule has 1 unspecified atom stereocenters. The zero-order valence-electron chi connectivity index (χ0n) is 17.8. The van der Waals surface area contributed by atoms with Crippen LogP contribution >= 0.6 is 0 Å². The second-order valence-electron chi connectivity index (χ2n) is 8.07. The van der Waals surface area contributed by atoms with Gasteiger partial charge in [-0.1, -0.05) is 60.7 Å². The van der Waals surface area contributed by atoms with Gasteiger partial charge < -0.3 is 5.73 Å². The number of nitrogens with zero attached hydrogens (tertiary/aromatic N) is 2. The average molecular weight is 469 g/mol. The van der Waals surface area contributed by atoms with Gasteiger partial charge in [-0.05, 0) is 17.5 Å². The number of benzene rings is 2. The van der Waals surface area contributed by atoms with Crippen LogP contribution in [0.4, 0.5) is 11.5 Å². The summed E-state index contributed by atoms with van der Waals surface area (Å²) in [6.07, 6.45) is 0.175. The molecule has 4 rings (SSSR count). The van der Waals surface area contributed by atoms with Crippen LogP contribution in [0.2, 0.25) is 0 Å². The standard InChI is InChI=1S/C23H24N4O5S/c24-20-19(21(28)25-23(30)27(20)14-17-9-5-2-6-10-17)26(13-16-7-3-1-4-8-16)22(29)18-11-12-33(31,32)15-18/h1-10,18H,11-15,24H2,(H,25,28,30). The van der Waals surface area contributed by atoms with E-state index in [2.05, 4.69) is 4.98 Å². The number of anilines is 2. The summed E-state index contributed by atoms with van der Waals surface area (Å²) >= 11 is 0. The first-order valence-electron chi connectivity index (χ1n) is 10.5. The van der Waals surface area contributed by atoms with Gasteiger partial charge in [0, 0.05) is 0 Å². The molecule has 1 aliphatic rings. The molecular weight excluding hydrogens is 444 g/mol. The summed E-state index contributed by atoms with van der Waals surface area (Å²) < 4.78 is 25.2. The summed E-state index contributed by atoms with van der Waals surface area (Å²) in [4.78, 5) is 42.4. The Morgan fingerprint density at radius 1 is 1.03 bits per heavy atom. The summed E-state index contributed by atoms with van der Waals surface area (Å²) in [5.74, 6) is -1.81. The van der Waals surface area contributed by atoms with Crippen molar-refractivity contribution in [3.63, 3.8) is 0 Å². The van der Waals surface area contributed by atoms with Gasteiger partial charge in [-0.2, -0.15) is 0 Å². The summed E-state index contributed by atoms with van der Waals surface area (Å²) in [6, 6.07) is 18.1. The summed E-state index contributed by atoms with van der Waals surface area (Å²) in [7, 11) is -3.32. The van der Waals surface area contributed by atoms with Crippen molar-refractivity contribution in [1.29, 1.82) is 0 Å². The van der Waals surface area contributed by atoms with E-state index in [0.29, 0.717) is 0 Å². The maximum absolute atomic E-state index is 13.5. The van der Waals surface area contributed by atoms with Crippen molar-refractivity contribution in [3.8, 4) is 0 Å². The number of amides is 1. The molecule has 3 aromatic rings. The Kier molecular flexibility index (Phi) is 6.19. The second kappa shape index (κ2) is 9.07. The number of carbonyl (C=O) groups excluding carboxylic acids is 1. The molecule has 10 heteroatoms. The van der Waals surface area contributed by atoms with E-state index in [1.54, 1.807) is 24.3 Å². The largest absolute Gasteiger partial charge is 0.383 e. The van der Waals surface area contributed by atoms with Gasteiger partial charge in [0.25, 0.3) is 5.56 Å². The first-order chi connectivity index (χ1) is 15.7. The fourth-order valence-corrected chi connectivity index (χ4v) is 5.74. The molecule has 0 spiro atoms. The van der Waals surface area contributed by atoms with Gasteiger partial charge in [0.2, 0.25) is 5.91 Å². The number of H-pyrrole nitrogens is 1. The third-order valence-electron chi connectivity index (χ3n) is 5.70. The highest BCUT2D eigenvalue weighted by Gasteiger charge is 2.37. The highest BCUT2D eigenvalue weighted by molar-refractivity contribution is 7.91. The zero-order valence-corrected chi connectivity index (χ0v) is 18.6. The lowest BCUT2D eigenvalue weighted by Gasteiger charge is -2.27. The molecule has 1 saturated heterocycles. The monoisotopic (exact) mass is 468 g/mol. The van der Waals surface area contributed by atoms with E-state index in [1.165, 1.54) is 9.47 Å². The predicted molar refractivity (Wildman–Crippen MR) is 126 cm³/mol. The van der Waals surface area contributed by atoms with Crippen molar-refractivity contribution in [2.75, 3.05) is 22.1 Å². The quantitative estimate of drug-likeness (QED) is 0.557. The van der Waals surface area contributed by atoms with Crippen LogP contribution < -0.4 is 21.9 Å². The average Bonchev–Trinajstić information content (AvgIpc) is 3.16. The lowest BCUT2D eigenvalue weighted by Crippen LogP contribution is -2.43. The molecular formula is C23H24N4O5S. The number of hydrogen-bond acceptors (Lipinski definition) is 6. The molecule has 0 saturated carbocycles. The number of nitrogens with one attached hydrogen (secondary N) is 1. The van der Waals surface area contributed by atoms with E-state index < -0.39 is 32.9 Å². The van der Waals surface area contributed by atoms with Gasteiger partial charge in [-0.15, -0.1) is 0 Å². The molecule has 1 aliphatic heterocycles. The van der Waals surface area contributed by atoms with Crippen LogP contribution in [0, 0.1) is 5.92 Å². The van der Waals surface area contributed by atoms with Gasteiger partial charge in [0.05, 0.1) is 30.5 Å². The van der Waals surface area contributed by atoms with Crippen molar-refractivity contribution in [1.82, 2.24) is 9.55 Å². The van der Waals surface area contributed by atoms with E-state index in [1.807, 2.05) is 36.4 Å². The molecule has 1 aromatic heterocycles. The molecule has 2 aromatic carbocycles. The molecule has 1 atom stereocenters. The Morgan fingerprint density at radius 2 is 1.64 bits per heavy atom. The predicted octanol–water partition coefficient (Wildman–Crippen LogP) is 1.14. The van der Waals surface area contributed by atoms with E-state index in [0.717, 1.165) is 11.1 Å². The molecule has 0 bridgehead atoms. The minimum atomic E-state index is -3.32. The van der Waals surface area contributed by atoms with Gasteiger partial charge >= 0.3 is 5.69 Å². The Balaban J connectivity index is 1.80. The second-order valence-corrected chi connectivity index (χ2v) is 10.3. The van der Waals surface area contributed by atoms with Crippen molar-refractivity contribution < 1.29 is 13.2 Å². The third kappa shape index (κ3) is 4.90. The number of nitrogens with two attached hydrogens (primary N) is 1. The molecule has 1 fully saturated rings. The van der Waals surface area contributed by atoms with Crippen LogP contribution in [0.5, 0.6) is 0 Å². The van der Waals surface area contributed by atoms with Crippen LogP contribution in [0.15, 0.2) is 70.3 Å². The molecule has 33 heavy (non-hydrogen) atoms. The van der Waals surface area contributed by atoms with Crippen LogP contribution in [-0.4, -0.2) is 35.4 Å². The molecule has 9 nitrogen and oxygen atoms in total. The lowest BCUT2D eigenvalue weighted by molar-refractivity contribution is -0.121. The first kappa shape index (κ1) is 22.5. The highest BCUT2D eigenvalue weighted by atomic mass is 32.2. The maximum Gasteiger partial charge on any atom is 0.330 e. The van der Waals surface area contributed by atoms with Crippen molar-refractivity contribution in [2.45, 2.75) is 19.5 Å². The SMILES string of the molecule is Nc1c(N(Cc2ccccc2)C(=O)C2CCS(=O)(=O)C2)c(=O)[nH]c(=O)n1Cc1ccccc1. The topological polar surface area (TPSA) is 135 Å². The number of carbonyl (C=O) groups is 1. The molecule has 172 valence electrons. The van der Waals surface area contributed by atoms with E-state index in [4.69, 9.17) is 5.73 Å². The van der Waals surface area contributed by atoms with Crippen LogP contribution in [-0.2, 0) is 27.7 Å². The third-order valence-corrected chi connectivity index (χ3v) is 7.47. The minimum Gasteiger partial charge on any atom is -0.383 e. The summed E-state index contributed by atoms with van der Waals surface area (Å²) in [5, 5.41) is 0. The van der Waals surface area contributed by atoms with Gasteiger partial charge in [-0.3, -0.25) is 24.0 Å². The number of rotatable bonds is 6. The Bertz CT molecular complexity index is 1380. The Hall–Kier alpha value is -3.66. The lowest BCUT2D eigenvalue weighted by atomic mass is 10.1. The number of nitrogen functional groups attached to an aromatic ring is 1. The number of aromatic nitrogens is 2. The maximum atomic E-state index is 13.5. The van der Waals surface area contributed by atoms with Crippen LogP contribution in [0.25, 0.3) is 0 Å². The Morgan fingerprint density at radius 3 is 2.21 bits per heavy atom. The van der Waals surface area contributed by atoms with E-state index in [-0.39, 0.29) is 42.5 Å². The Labute approximate surface area is 190 Å². The number of aromatic amines is 1. The summed E-state index contributed by atoms with van der Waals surface area (Å²) in [5.41, 5.74) is 6.16. The normalized spacial score (nSPS) is 17.0. The molecule has 0 radical (unpaired) electrons. The molecule has 1 amide bonds. The van der Waals surface area contributed by atoms with Crippen LogP contribution in [0.1, 0.15) is 17.5 Å². The van der Waals surface area contributed by atoms with Crippen molar-refractivity contribution in [3.05, 3.63) is 92.6 Å². The van der Waals surface area contributed by atoms with Gasteiger partial charge in [-0.25, -0.2) is 13.2 Å². The van der Waals surface area contributed by atoms with E-state index >= 15 is 0 Å². The number of sulfone groups is 1. The zero-order chi connectivity index (χ0) is 23.6. The highest BCUT2D eigenvalue weighted by Crippen LogP contribution is 2.27. The summed E-state index contributed by atoms with van der Waals surface area (Å²) in [6.45, 7) is 0.105. The fourth-order valence-electron chi connectivity index (χ4n) is 4.00. The number of hydrogen-bond donors (Lipinski definition) is 2. The van der Waals surface area contributed by atoms with Crippen molar-refractivity contribution in [2.24, 2.45) is 5.92 Å². The fraction of sp³-hybridized carbons (Fsp3) is 0.261. The van der Waals surface area contributed by atoms with Gasteiger partial charge in [0.1, 0.15) is 5.82 Å². The van der Waals surface area contributed by atoms with Crippen molar-refractivity contribution >= 4 is 27.2 Å². The minimum absolute atomic E-state index is 0.00699. The van der Waals surface area contributed by atoms with Gasteiger partial charge in [0.15, 0.2) is 15.5 Å². The van der Waals surface area contributed by atoms with Crippen LogP contribution in [0.3, 0.4) is 0 Å².